The first-order valence-corrected chi connectivity index (χ1v) is 16.7. The van der Waals surface area contributed by atoms with Crippen molar-refractivity contribution in [2.75, 3.05) is 50.1 Å². The van der Waals surface area contributed by atoms with Gasteiger partial charge >= 0.3 is 0 Å². The van der Waals surface area contributed by atoms with Crippen molar-refractivity contribution < 1.29 is 9.53 Å². The first-order chi connectivity index (χ1) is 21.9. The molecule has 3 aromatic carbocycles. The molecule has 2 aliphatic heterocycles. The smallest absolute Gasteiger partial charge is 0.268 e. The fraction of sp³-hybridized carbons (Fsp3) is 0.343. The Morgan fingerprint density at radius 1 is 1.11 bits per heavy atom. The molecule has 2 saturated heterocycles. The van der Waals surface area contributed by atoms with Crippen molar-refractivity contribution in [2.24, 2.45) is 4.99 Å². The minimum atomic E-state index is -0.122. The lowest BCUT2D eigenvalue weighted by Gasteiger charge is -2.26. The fourth-order valence-electron chi connectivity index (χ4n) is 5.42. The Morgan fingerprint density at radius 3 is 2.62 bits per heavy atom. The molecule has 0 aromatic heterocycles. The van der Waals surface area contributed by atoms with Crippen LogP contribution in [0.2, 0.25) is 0 Å². The van der Waals surface area contributed by atoms with Gasteiger partial charge in [0.25, 0.3) is 5.91 Å². The summed E-state index contributed by atoms with van der Waals surface area (Å²) in [4.78, 5) is 26.6. The molecule has 0 bridgehead atoms. The lowest BCUT2D eigenvalue weighted by atomic mass is 10.1. The lowest BCUT2D eigenvalue weighted by molar-refractivity contribution is -0.122. The number of hydrogen-bond acceptors (Lipinski definition) is 9. The number of nitrogens with one attached hydrogen (secondary N) is 1. The number of thiol groups is 1. The standard InChI is InChI=1S/C35H40N6O2S2/c1-4-37-29-15-13-27(23-36)21-30(29)38-35-41(24-26-11-7-5-8-12-26)34(42)33(45-35)25(2)39(3)31-22-28(14-16-32(31)44)43-20-19-40-17-9-6-10-18-40/h5,7-8,11-16,21-22,37,44H,4,6,9-10,17-20,24H2,1-3H3/b33-25+,38-35?. The van der Waals surface area contributed by atoms with Gasteiger partial charge in [-0.25, -0.2) is 4.99 Å². The van der Waals surface area contributed by atoms with Gasteiger partial charge in [-0.15, -0.1) is 12.6 Å². The Bertz CT molecular complexity index is 1610. The number of nitrogens with zero attached hydrogens (tertiary/aromatic N) is 5. The quantitative estimate of drug-likeness (QED) is 0.168. The normalized spacial score (nSPS) is 17.4. The zero-order valence-corrected chi connectivity index (χ0v) is 27.8. The van der Waals surface area contributed by atoms with Crippen LogP contribution in [0.25, 0.3) is 0 Å². The van der Waals surface area contributed by atoms with Crippen molar-refractivity contribution in [1.82, 2.24) is 9.80 Å². The monoisotopic (exact) mass is 640 g/mol. The van der Waals surface area contributed by atoms with Crippen LogP contribution in [0.1, 0.15) is 44.2 Å². The highest BCUT2D eigenvalue weighted by Crippen LogP contribution is 2.40. The molecule has 8 nitrogen and oxygen atoms in total. The highest BCUT2D eigenvalue weighted by molar-refractivity contribution is 8.18. The minimum Gasteiger partial charge on any atom is -0.492 e. The maximum absolute atomic E-state index is 14.1. The topological polar surface area (TPSA) is 84.2 Å². The van der Waals surface area contributed by atoms with E-state index < -0.39 is 0 Å². The largest absolute Gasteiger partial charge is 0.492 e. The van der Waals surface area contributed by atoms with E-state index in [0.29, 0.717) is 41.0 Å². The number of piperidine rings is 1. The molecule has 234 valence electrons. The zero-order valence-electron chi connectivity index (χ0n) is 26.1. The number of likely N-dealkylation sites (tertiary alicyclic amines) is 1. The van der Waals surface area contributed by atoms with Crippen LogP contribution in [0.15, 0.2) is 87.2 Å². The van der Waals surface area contributed by atoms with E-state index >= 15 is 0 Å². The molecule has 10 heteroatoms. The molecule has 45 heavy (non-hydrogen) atoms. The number of benzene rings is 3. The predicted molar refractivity (Wildman–Crippen MR) is 188 cm³/mol. The fourth-order valence-corrected chi connectivity index (χ4v) is 6.78. The van der Waals surface area contributed by atoms with Gasteiger partial charge in [0.15, 0.2) is 5.17 Å². The summed E-state index contributed by atoms with van der Waals surface area (Å²) in [5.41, 5.74) is 4.56. The number of thioether (sulfide) groups is 1. The number of amidine groups is 1. The second-order valence-electron chi connectivity index (χ2n) is 11.1. The Labute approximate surface area is 276 Å². The number of carbonyl (C=O) groups excluding carboxylic acids is 1. The third-order valence-corrected chi connectivity index (χ3v) is 9.57. The highest BCUT2D eigenvalue weighted by Gasteiger charge is 2.36. The minimum absolute atomic E-state index is 0.122. The molecule has 1 amide bonds. The number of nitriles is 1. The van der Waals surface area contributed by atoms with Gasteiger partial charge in [0.05, 0.1) is 40.1 Å². The Balaban J connectivity index is 1.44. The molecule has 0 unspecified atom stereocenters. The molecule has 2 heterocycles. The first kappa shape index (κ1) is 32.5. The summed E-state index contributed by atoms with van der Waals surface area (Å²) in [6.45, 7) is 8.84. The first-order valence-electron chi connectivity index (χ1n) is 15.4. The van der Waals surface area contributed by atoms with Gasteiger partial charge in [-0.05, 0) is 87.4 Å². The maximum atomic E-state index is 14.1. The van der Waals surface area contributed by atoms with E-state index in [1.54, 1.807) is 17.0 Å². The molecular weight excluding hydrogens is 601 g/mol. The lowest BCUT2D eigenvalue weighted by Crippen LogP contribution is -2.33. The van der Waals surface area contributed by atoms with E-state index in [4.69, 9.17) is 22.4 Å². The Kier molecular flexibility index (Phi) is 11.1. The molecule has 0 aliphatic carbocycles. The van der Waals surface area contributed by atoms with Gasteiger partial charge in [0, 0.05) is 36.8 Å². The van der Waals surface area contributed by atoms with Gasteiger partial charge in [0.1, 0.15) is 12.4 Å². The number of carbonyl (C=O) groups is 1. The summed E-state index contributed by atoms with van der Waals surface area (Å²) >= 11 is 6.09. The van der Waals surface area contributed by atoms with E-state index in [2.05, 4.69) is 16.3 Å². The summed E-state index contributed by atoms with van der Waals surface area (Å²) in [6.07, 6.45) is 3.83. The number of anilines is 2. The van der Waals surface area contributed by atoms with Crippen molar-refractivity contribution in [1.29, 1.82) is 5.26 Å². The van der Waals surface area contributed by atoms with Crippen LogP contribution in [-0.2, 0) is 11.3 Å². The molecule has 0 radical (unpaired) electrons. The molecule has 2 fully saturated rings. The Morgan fingerprint density at radius 2 is 1.89 bits per heavy atom. The van der Waals surface area contributed by atoms with Crippen LogP contribution in [-0.4, -0.2) is 60.7 Å². The number of allylic oxidation sites excluding steroid dienone is 1. The highest BCUT2D eigenvalue weighted by atomic mass is 32.2. The average Bonchev–Trinajstić information content (AvgIpc) is 3.36. The van der Waals surface area contributed by atoms with Crippen molar-refractivity contribution in [3.63, 3.8) is 0 Å². The van der Waals surface area contributed by atoms with E-state index in [0.717, 1.165) is 52.9 Å². The molecule has 1 N–H and O–H groups in total. The summed E-state index contributed by atoms with van der Waals surface area (Å²) in [6, 6.07) is 23.3. The third kappa shape index (κ3) is 8.03. The van der Waals surface area contributed by atoms with Gasteiger partial charge in [-0.1, -0.05) is 36.8 Å². The average molecular weight is 641 g/mol. The SMILES string of the molecule is CCNc1ccc(C#N)cc1N=C1S/C(=C(\C)N(C)c2cc(OCCN3CCCCC3)ccc2S)C(=O)N1Cc1ccccc1. The van der Waals surface area contributed by atoms with Gasteiger partial charge in [-0.2, -0.15) is 5.26 Å². The molecule has 0 atom stereocenters. The molecule has 3 aromatic rings. The van der Waals surface area contributed by atoms with Crippen LogP contribution in [0.4, 0.5) is 17.1 Å². The van der Waals surface area contributed by atoms with Crippen LogP contribution in [0.3, 0.4) is 0 Å². The second kappa shape index (κ2) is 15.4. The number of amides is 1. The van der Waals surface area contributed by atoms with Crippen molar-refractivity contribution in [3.05, 3.63) is 88.5 Å². The van der Waals surface area contributed by atoms with Crippen LogP contribution in [0, 0.1) is 11.3 Å². The van der Waals surface area contributed by atoms with Crippen molar-refractivity contribution >= 4 is 52.5 Å². The van der Waals surface area contributed by atoms with Gasteiger partial charge in [0.2, 0.25) is 0 Å². The van der Waals surface area contributed by atoms with Crippen LogP contribution < -0.4 is 15.0 Å². The Hall–Kier alpha value is -3.91. The second-order valence-corrected chi connectivity index (χ2v) is 12.6. The molecule has 0 saturated carbocycles. The van der Waals surface area contributed by atoms with Crippen molar-refractivity contribution in [2.45, 2.75) is 44.6 Å². The van der Waals surface area contributed by atoms with E-state index in [1.807, 2.05) is 80.4 Å². The van der Waals surface area contributed by atoms with Crippen LogP contribution in [0.5, 0.6) is 5.75 Å². The zero-order chi connectivity index (χ0) is 31.8. The van der Waals surface area contributed by atoms with E-state index in [9.17, 15) is 10.1 Å². The predicted octanol–water partition coefficient (Wildman–Crippen LogP) is 7.27. The number of hydrogen-bond donors (Lipinski definition) is 2. The third-order valence-electron chi connectivity index (χ3n) is 8.02. The van der Waals surface area contributed by atoms with Gasteiger partial charge < -0.3 is 15.0 Å². The summed E-state index contributed by atoms with van der Waals surface area (Å²) in [5, 5.41) is 13.4. The maximum Gasteiger partial charge on any atom is 0.268 e. The molecule has 2 aliphatic rings. The van der Waals surface area contributed by atoms with Crippen LogP contribution >= 0.6 is 24.4 Å². The van der Waals surface area contributed by atoms with E-state index in [-0.39, 0.29) is 5.91 Å². The summed E-state index contributed by atoms with van der Waals surface area (Å²) in [7, 11) is 1.94. The summed E-state index contributed by atoms with van der Waals surface area (Å²) < 4.78 is 6.15. The molecule has 5 rings (SSSR count). The molecular formula is C35H40N6O2S2. The molecule has 0 spiro atoms. The van der Waals surface area contributed by atoms with Crippen molar-refractivity contribution in [3.8, 4) is 11.8 Å². The van der Waals surface area contributed by atoms with Gasteiger partial charge in [-0.3, -0.25) is 14.6 Å². The number of aliphatic imine (C=N–C) groups is 1. The number of rotatable bonds is 11. The van der Waals surface area contributed by atoms with E-state index in [1.165, 1.54) is 31.0 Å². The summed E-state index contributed by atoms with van der Waals surface area (Å²) in [5.74, 6) is 0.652. The number of ether oxygens (including phenoxy) is 1.